The van der Waals surface area contributed by atoms with Crippen molar-refractivity contribution in [3.05, 3.63) is 0 Å². The molecule has 1 aliphatic heterocycles. The number of carbonyl (C=O) groups is 8. The SMILES string of the molecule is CCCCCCCCCCC[C@H](CC(=O)NC1[C@H](OC[C@@H](NC(=O)C[C@@H](CCCCCCCCCCC)OC(=O)CCCCCCCCC)C(=O)O)OC(CO)[C@@H](OC=O)[C@@H]1OC(=O)C[C@@H](CCCCCCCCCCC)OC(=O)CCCCCCCCC)OC(=O)CCCCCCCCC. The van der Waals surface area contributed by atoms with Gasteiger partial charge in [-0.05, 0) is 57.8 Å². The highest BCUT2D eigenvalue weighted by atomic mass is 16.7. The Hall–Kier alpha value is -4.36. The highest BCUT2D eigenvalue weighted by molar-refractivity contribution is 5.84. The van der Waals surface area contributed by atoms with Crippen LogP contribution in [0.3, 0.4) is 0 Å². The Bertz CT molecular complexity index is 2050. The number of aliphatic carboxylic acids is 1. The minimum absolute atomic E-state index is 0.105. The Balaban J connectivity index is 3.76. The van der Waals surface area contributed by atoms with Crippen molar-refractivity contribution in [1.29, 1.82) is 0 Å². The molecule has 4 N–H and O–H groups in total. The van der Waals surface area contributed by atoms with E-state index in [4.69, 9.17) is 33.2 Å². The zero-order chi connectivity index (χ0) is 74.0. The van der Waals surface area contributed by atoms with Gasteiger partial charge in [0.05, 0.1) is 32.5 Å². The van der Waals surface area contributed by atoms with E-state index in [0.29, 0.717) is 57.8 Å². The summed E-state index contributed by atoms with van der Waals surface area (Å²) < 4.78 is 42.5. The number of esters is 4. The van der Waals surface area contributed by atoms with Crippen LogP contribution in [-0.4, -0.2) is 127 Å². The largest absolute Gasteiger partial charge is 0.480 e. The summed E-state index contributed by atoms with van der Waals surface area (Å²) in [7, 11) is 0. The summed E-state index contributed by atoms with van der Waals surface area (Å²) in [6, 6.07) is -3.31. The molecule has 1 saturated heterocycles. The lowest BCUT2D eigenvalue weighted by Gasteiger charge is -2.44. The fourth-order valence-electron chi connectivity index (χ4n) is 13.4. The number of unbranched alkanes of at least 4 members (excludes halogenated alkanes) is 42. The first-order valence-corrected chi connectivity index (χ1v) is 41.8. The molecule has 1 fully saturated rings. The molecule has 0 bridgehead atoms. The van der Waals surface area contributed by atoms with Crippen molar-refractivity contribution in [1.82, 2.24) is 10.6 Å². The van der Waals surface area contributed by atoms with E-state index in [1.807, 2.05) is 0 Å². The number of ether oxygens (including phenoxy) is 7. The molecule has 19 heteroatoms. The number of aliphatic hydroxyl groups is 1. The predicted molar refractivity (Wildman–Crippen MR) is 401 cm³/mol. The lowest BCUT2D eigenvalue weighted by Crippen LogP contribution is -2.67. The van der Waals surface area contributed by atoms with Gasteiger partial charge in [0.2, 0.25) is 11.8 Å². The third kappa shape index (κ3) is 53.1. The van der Waals surface area contributed by atoms with Crippen LogP contribution in [-0.2, 0) is 71.5 Å². The van der Waals surface area contributed by atoms with Crippen LogP contribution in [0.1, 0.15) is 408 Å². The third-order valence-electron chi connectivity index (χ3n) is 19.7. The van der Waals surface area contributed by atoms with E-state index in [-0.39, 0.29) is 38.6 Å². The van der Waals surface area contributed by atoms with Crippen LogP contribution < -0.4 is 10.6 Å². The van der Waals surface area contributed by atoms with Gasteiger partial charge in [0, 0.05) is 19.3 Å². The van der Waals surface area contributed by atoms with Crippen molar-refractivity contribution >= 4 is 48.1 Å². The third-order valence-corrected chi connectivity index (χ3v) is 19.7. The predicted octanol–water partition coefficient (Wildman–Crippen LogP) is 19.3. The first kappa shape index (κ1) is 94.7. The number of nitrogens with one attached hydrogen (secondary N) is 2. The summed E-state index contributed by atoms with van der Waals surface area (Å²) >= 11 is 0. The first-order valence-electron chi connectivity index (χ1n) is 41.8. The first-order chi connectivity index (χ1) is 49.2. The van der Waals surface area contributed by atoms with Crippen LogP contribution in [0, 0.1) is 0 Å². The Kier molecular flexibility index (Phi) is 63.3. The summed E-state index contributed by atoms with van der Waals surface area (Å²) in [6.07, 6.45) is 41.4. The number of carbonyl (C=O) groups excluding carboxylic acids is 7. The van der Waals surface area contributed by atoms with Crippen LogP contribution in [0.2, 0.25) is 0 Å². The monoisotopic (exact) mass is 1440 g/mol. The summed E-state index contributed by atoms with van der Waals surface area (Å²) in [5.74, 6) is -5.03. The van der Waals surface area contributed by atoms with Gasteiger partial charge in [-0.3, -0.25) is 33.6 Å². The molecular weight excluding hydrogens is 1280 g/mol. The molecule has 0 spiro atoms. The zero-order valence-electron chi connectivity index (χ0n) is 65.0. The normalized spacial score (nSPS) is 17.1. The van der Waals surface area contributed by atoms with Gasteiger partial charge in [0.1, 0.15) is 30.5 Å². The van der Waals surface area contributed by atoms with Gasteiger partial charge in [-0.1, -0.05) is 311 Å². The summed E-state index contributed by atoms with van der Waals surface area (Å²) in [6.45, 7) is 11.6. The van der Waals surface area contributed by atoms with Gasteiger partial charge in [-0.2, -0.15) is 0 Å². The lowest BCUT2D eigenvalue weighted by molar-refractivity contribution is -0.276. The number of aliphatic hydroxyl groups excluding tert-OH is 1. The van der Waals surface area contributed by atoms with Crippen molar-refractivity contribution in [3.63, 3.8) is 0 Å². The number of amides is 2. The van der Waals surface area contributed by atoms with Crippen molar-refractivity contribution in [2.45, 2.75) is 463 Å². The van der Waals surface area contributed by atoms with E-state index >= 15 is 0 Å². The summed E-state index contributed by atoms with van der Waals surface area (Å²) in [4.78, 5) is 109. The van der Waals surface area contributed by atoms with Gasteiger partial charge in [-0.15, -0.1) is 0 Å². The number of carboxylic acid groups (broad SMARTS) is 1. The molecule has 1 aliphatic rings. The molecular formula is C82H150N2O17. The average molecular weight is 1440 g/mol. The van der Waals surface area contributed by atoms with E-state index in [2.05, 4.69) is 52.2 Å². The Labute approximate surface area is 613 Å². The molecule has 2 amide bonds. The van der Waals surface area contributed by atoms with Crippen LogP contribution in [0.25, 0.3) is 0 Å². The molecule has 590 valence electrons. The van der Waals surface area contributed by atoms with E-state index in [1.165, 1.54) is 96.3 Å². The average Bonchev–Trinajstić information content (AvgIpc) is 0.787. The maximum absolute atomic E-state index is 14.8. The van der Waals surface area contributed by atoms with Gasteiger partial charge < -0.3 is 54.0 Å². The molecule has 0 radical (unpaired) electrons. The molecule has 1 heterocycles. The van der Waals surface area contributed by atoms with E-state index in [0.717, 1.165) is 173 Å². The number of carboxylic acids is 1. The van der Waals surface area contributed by atoms with E-state index in [1.54, 1.807) is 0 Å². The van der Waals surface area contributed by atoms with Gasteiger partial charge >= 0.3 is 29.8 Å². The Morgan fingerprint density at radius 3 is 1.02 bits per heavy atom. The van der Waals surface area contributed by atoms with Gasteiger partial charge in [0.15, 0.2) is 24.5 Å². The Morgan fingerprint density at radius 1 is 0.396 bits per heavy atom. The molecule has 2 unspecified atom stereocenters. The molecule has 0 aromatic rings. The van der Waals surface area contributed by atoms with Crippen molar-refractivity contribution < 1.29 is 81.7 Å². The van der Waals surface area contributed by atoms with Crippen LogP contribution in [0.15, 0.2) is 0 Å². The molecule has 1 rings (SSSR count). The highest BCUT2D eigenvalue weighted by Gasteiger charge is 2.51. The number of rotatable bonds is 73. The molecule has 0 aromatic carbocycles. The van der Waals surface area contributed by atoms with Crippen molar-refractivity contribution in [2.75, 3.05) is 13.2 Å². The van der Waals surface area contributed by atoms with E-state index in [9.17, 15) is 48.6 Å². The standard InChI is InChI=1S/C82H150N2O17/c1-7-13-19-25-31-34-40-43-49-55-67(97-74(89)58-52-46-37-28-22-16-10-4)61-72(87)83-70(81(93)94)65-95-82-78(84-73(88)62-68(56-50-44-41-35-32-26-20-14-8-2)98-75(90)59-53-47-38-29-23-17-11-5)80(79(96-66-86)71(64-85)100-82)101-77(92)63-69(57-51-45-42-36-33-27-21-15-9-3)99-76(91)60-54-48-39-30-24-18-12-6/h66-71,78-80,82,85H,7-65H2,1-6H3,(H,83,87)(H,84,88)(H,93,94)/t67-,68-,69-,70-,71?,78?,79-,80-,82-/m1/s1. The number of hydrogen-bond acceptors (Lipinski definition) is 16. The topological polar surface area (TPSA) is 266 Å². The molecule has 0 aliphatic carbocycles. The van der Waals surface area contributed by atoms with Crippen LogP contribution in [0.4, 0.5) is 0 Å². The van der Waals surface area contributed by atoms with Crippen LogP contribution >= 0.6 is 0 Å². The summed E-state index contributed by atoms with van der Waals surface area (Å²) in [5.41, 5.74) is 0. The minimum atomic E-state index is -1.73. The molecule has 19 nitrogen and oxygen atoms in total. The maximum atomic E-state index is 14.8. The highest BCUT2D eigenvalue weighted by Crippen LogP contribution is 2.30. The second-order valence-corrected chi connectivity index (χ2v) is 29.2. The fraction of sp³-hybridized carbons (Fsp3) is 0.902. The second-order valence-electron chi connectivity index (χ2n) is 29.2. The molecule has 101 heavy (non-hydrogen) atoms. The quantitative estimate of drug-likeness (QED) is 0.0191. The zero-order valence-corrected chi connectivity index (χ0v) is 65.0. The van der Waals surface area contributed by atoms with Crippen LogP contribution in [0.5, 0.6) is 0 Å². The Morgan fingerprint density at radius 2 is 0.703 bits per heavy atom. The van der Waals surface area contributed by atoms with Gasteiger partial charge in [-0.25, -0.2) is 4.79 Å². The maximum Gasteiger partial charge on any atom is 0.328 e. The molecule has 0 aromatic heterocycles. The minimum Gasteiger partial charge on any atom is -0.480 e. The van der Waals surface area contributed by atoms with Crippen molar-refractivity contribution in [2.24, 2.45) is 0 Å². The number of hydrogen-bond donors (Lipinski definition) is 4. The summed E-state index contributed by atoms with van der Waals surface area (Å²) in [5, 5.41) is 27.0. The van der Waals surface area contributed by atoms with E-state index < -0.39 is 116 Å². The van der Waals surface area contributed by atoms with Gasteiger partial charge in [0.25, 0.3) is 6.47 Å². The second kappa shape index (κ2) is 67.5. The molecule has 9 atom stereocenters. The fourth-order valence-corrected chi connectivity index (χ4v) is 13.4. The molecule has 0 saturated carbocycles. The van der Waals surface area contributed by atoms with Crippen molar-refractivity contribution in [3.8, 4) is 0 Å². The smallest absolute Gasteiger partial charge is 0.328 e. The lowest BCUT2D eigenvalue weighted by atomic mass is 9.95.